The maximum absolute atomic E-state index is 13.6. The number of carbonyl (C=O) groups excluding carboxylic acids is 1. The molecule has 0 radical (unpaired) electrons. The van der Waals surface area contributed by atoms with Gasteiger partial charge in [0, 0.05) is 69.9 Å². The van der Waals surface area contributed by atoms with Gasteiger partial charge in [0.05, 0.1) is 6.04 Å². The fourth-order valence-electron chi connectivity index (χ4n) is 6.09. The Balaban J connectivity index is 1.50. The molecule has 3 atom stereocenters. The molecule has 216 valence electrons. The Hall–Kier alpha value is -3.20. The molecule has 0 bridgehead atoms. The fourth-order valence-corrected chi connectivity index (χ4v) is 6.09. The minimum Gasteiger partial charge on any atom is -0.508 e. The largest absolute Gasteiger partial charge is 0.508 e. The molecule has 0 unspecified atom stereocenters. The Morgan fingerprint density at radius 2 is 1.68 bits per heavy atom. The summed E-state index contributed by atoms with van der Waals surface area (Å²) in [6.07, 6.45) is 3.71. The van der Waals surface area contributed by atoms with Crippen molar-refractivity contribution >= 4 is 11.9 Å². The zero-order valence-corrected chi connectivity index (χ0v) is 23.9. The second-order valence-electron chi connectivity index (χ2n) is 11.2. The van der Waals surface area contributed by atoms with Crippen LogP contribution in [-0.4, -0.2) is 106 Å². The molecule has 4 rings (SSSR count). The standard InChI is InChI=1S/C32H44N4O4/c1-4-14-35-22-25(3)36(23-24(35)2)31(27-10-8-12-29(37)21-27)26-9-7-11-28(20-26)32(40)34-18-16-33(17-19-34)15-6-5-13-30(38)39/h4,7-12,20-21,24-25,31,37H,1,5-6,13-19,22-23H2,2-3H3,(H,38,39)/t24-,25+,31-/m1/s1. The van der Waals surface area contributed by atoms with Crippen LogP contribution in [0.5, 0.6) is 5.75 Å². The quantitative estimate of drug-likeness (QED) is 0.323. The van der Waals surface area contributed by atoms with E-state index in [0.717, 1.165) is 56.8 Å². The van der Waals surface area contributed by atoms with Gasteiger partial charge < -0.3 is 15.1 Å². The third-order valence-electron chi connectivity index (χ3n) is 8.27. The van der Waals surface area contributed by atoms with Crippen molar-refractivity contribution in [3.05, 3.63) is 77.9 Å². The Bertz CT molecular complexity index is 1160. The molecule has 2 aliphatic heterocycles. The van der Waals surface area contributed by atoms with Gasteiger partial charge in [-0.05, 0) is 68.6 Å². The van der Waals surface area contributed by atoms with Crippen LogP contribution in [0.4, 0.5) is 0 Å². The number of carboxylic acid groups (broad SMARTS) is 1. The third-order valence-corrected chi connectivity index (χ3v) is 8.27. The SMILES string of the molecule is C=CCN1C[C@H](C)N([C@@H](c2cccc(O)c2)c2cccc(C(=O)N3CCN(CCCCC(=O)O)CC3)c2)C[C@H]1C. The van der Waals surface area contributed by atoms with Crippen LogP contribution < -0.4 is 0 Å². The molecule has 2 aromatic rings. The molecule has 8 heteroatoms. The van der Waals surface area contributed by atoms with E-state index in [1.807, 2.05) is 41.3 Å². The number of phenols is 1. The van der Waals surface area contributed by atoms with E-state index in [1.165, 1.54) is 0 Å². The summed E-state index contributed by atoms with van der Waals surface area (Å²) < 4.78 is 0. The minimum absolute atomic E-state index is 0.0410. The van der Waals surface area contributed by atoms with Crippen LogP contribution in [-0.2, 0) is 4.79 Å². The zero-order valence-electron chi connectivity index (χ0n) is 23.9. The minimum atomic E-state index is -0.747. The number of unbranched alkanes of at least 4 members (excludes halogenated alkanes) is 1. The normalized spacial score (nSPS) is 21.7. The van der Waals surface area contributed by atoms with Gasteiger partial charge in [-0.15, -0.1) is 6.58 Å². The lowest BCUT2D eigenvalue weighted by Gasteiger charge is -2.47. The lowest BCUT2D eigenvalue weighted by atomic mass is 9.92. The molecule has 8 nitrogen and oxygen atoms in total. The molecule has 2 heterocycles. The Morgan fingerprint density at radius 3 is 2.35 bits per heavy atom. The summed E-state index contributed by atoms with van der Waals surface area (Å²) in [6, 6.07) is 16.0. The predicted molar refractivity (Wildman–Crippen MR) is 158 cm³/mol. The number of amides is 1. The number of benzene rings is 2. The summed E-state index contributed by atoms with van der Waals surface area (Å²) in [7, 11) is 0. The molecule has 1 amide bonds. The molecular formula is C32H44N4O4. The smallest absolute Gasteiger partial charge is 0.303 e. The summed E-state index contributed by atoms with van der Waals surface area (Å²) >= 11 is 0. The van der Waals surface area contributed by atoms with Crippen molar-refractivity contribution in [1.29, 1.82) is 0 Å². The van der Waals surface area contributed by atoms with Crippen molar-refractivity contribution in [2.45, 2.75) is 51.2 Å². The van der Waals surface area contributed by atoms with E-state index < -0.39 is 5.97 Å². The number of rotatable bonds is 11. The number of carboxylic acids is 1. The highest BCUT2D eigenvalue weighted by Gasteiger charge is 2.35. The van der Waals surface area contributed by atoms with Crippen molar-refractivity contribution < 1.29 is 19.8 Å². The van der Waals surface area contributed by atoms with Crippen LogP contribution in [0, 0.1) is 0 Å². The molecule has 0 aliphatic carbocycles. The van der Waals surface area contributed by atoms with Crippen LogP contribution in [0.1, 0.15) is 60.6 Å². The molecule has 2 N–H and O–H groups in total. The number of nitrogens with zero attached hydrogens (tertiary/aromatic N) is 4. The van der Waals surface area contributed by atoms with Gasteiger partial charge in [-0.1, -0.05) is 30.3 Å². The maximum atomic E-state index is 13.6. The van der Waals surface area contributed by atoms with Crippen molar-refractivity contribution in [2.24, 2.45) is 0 Å². The van der Waals surface area contributed by atoms with Crippen molar-refractivity contribution in [3.63, 3.8) is 0 Å². The second kappa shape index (κ2) is 13.9. The lowest BCUT2D eigenvalue weighted by molar-refractivity contribution is -0.137. The molecule has 2 aliphatic rings. The average Bonchev–Trinajstić information content (AvgIpc) is 2.94. The van der Waals surface area contributed by atoms with E-state index in [-0.39, 0.29) is 30.2 Å². The zero-order chi connectivity index (χ0) is 28.6. The maximum Gasteiger partial charge on any atom is 0.303 e. The Morgan fingerprint density at radius 1 is 0.975 bits per heavy atom. The van der Waals surface area contributed by atoms with E-state index in [2.05, 4.69) is 47.3 Å². The first-order chi connectivity index (χ1) is 19.3. The summed E-state index contributed by atoms with van der Waals surface area (Å²) in [4.78, 5) is 33.5. The molecule has 2 aromatic carbocycles. The van der Waals surface area contributed by atoms with Gasteiger partial charge in [0.25, 0.3) is 5.91 Å². The third kappa shape index (κ3) is 7.50. The number of phenolic OH excluding ortho intramolecular Hbond substituents is 1. The lowest BCUT2D eigenvalue weighted by Crippen LogP contribution is -2.57. The first-order valence-corrected chi connectivity index (χ1v) is 14.5. The first kappa shape index (κ1) is 29.8. The number of carbonyl (C=O) groups is 2. The number of hydrogen-bond donors (Lipinski definition) is 2. The van der Waals surface area contributed by atoms with Gasteiger partial charge in [-0.25, -0.2) is 0 Å². The number of piperazine rings is 2. The topological polar surface area (TPSA) is 87.6 Å². The predicted octanol–water partition coefficient (Wildman–Crippen LogP) is 4.07. The highest BCUT2D eigenvalue weighted by atomic mass is 16.4. The number of aliphatic carboxylic acids is 1. The molecule has 2 saturated heterocycles. The van der Waals surface area contributed by atoms with E-state index in [4.69, 9.17) is 5.11 Å². The van der Waals surface area contributed by atoms with Gasteiger partial charge in [0.15, 0.2) is 0 Å². The van der Waals surface area contributed by atoms with E-state index in [1.54, 1.807) is 6.07 Å². The van der Waals surface area contributed by atoms with E-state index >= 15 is 0 Å². The van der Waals surface area contributed by atoms with Gasteiger partial charge >= 0.3 is 5.97 Å². The fraction of sp³-hybridized carbons (Fsp3) is 0.500. The second-order valence-corrected chi connectivity index (χ2v) is 11.2. The number of hydrogen-bond acceptors (Lipinski definition) is 6. The molecule has 40 heavy (non-hydrogen) atoms. The van der Waals surface area contributed by atoms with E-state index in [0.29, 0.717) is 31.1 Å². The van der Waals surface area contributed by atoms with Crippen molar-refractivity contribution in [2.75, 3.05) is 52.4 Å². The van der Waals surface area contributed by atoms with Gasteiger partial charge in [0.1, 0.15) is 5.75 Å². The molecule has 0 aromatic heterocycles. The van der Waals surface area contributed by atoms with Crippen molar-refractivity contribution in [3.8, 4) is 5.75 Å². The highest BCUT2D eigenvalue weighted by molar-refractivity contribution is 5.94. The monoisotopic (exact) mass is 548 g/mol. The molecule has 2 fully saturated rings. The van der Waals surface area contributed by atoms with Crippen LogP contribution in [0.2, 0.25) is 0 Å². The first-order valence-electron chi connectivity index (χ1n) is 14.5. The molecule has 0 spiro atoms. The highest BCUT2D eigenvalue weighted by Crippen LogP contribution is 2.35. The van der Waals surface area contributed by atoms with Gasteiger partial charge in [-0.3, -0.25) is 24.3 Å². The summed E-state index contributed by atoms with van der Waals surface area (Å²) in [5.74, 6) is -0.469. The van der Waals surface area contributed by atoms with Crippen LogP contribution in [0.3, 0.4) is 0 Å². The van der Waals surface area contributed by atoms with Crippen LogP contribution in [0.15, 0.2) is 61.2 Å². The van der Waals surface area contributed by atoms with Gasteiger partial charge in [-0.2, -0.15) is 0 Å². The van der Waals surface area contributed by atoms with Crippen LogP contribution >= 0.6 is 0 Å². The molecular weight excluding hydrogens is 504 g/mol. The van der Waals surface area contributed by atoms with Crippen molar-refractivity contribution in [1.82, 2.24) is 19.6 Å². The van der Waals surface area contributed by atoms with Gasteiger partial charge in [0.2, 0.25) is 0 Å². The Labute approximate surface area is 238 Å². The average molecular weight is 549 g/mol. The van der Waals surface area contributed by atoms with Crippen LogP contribution in [0.25, 0.3) is 0 Å². The van der Waals surface area contributed by atoms with E-state index in [9.17, 15) is 14.7 Å². The number of aromatic hydroxyl groups is 1. The summed E-state index contributed by atoms with van der Waals surface area (Å²) in [5.41, 5.74) is 2.74. The summed E-state index contributed by atoms with van der Waals surface area (Å²) in [5, 5.41) is 19.2. The Kier molecular flexibility index (Phi) is 10.4. The molecule has 0 saturated carbocycles. The summed E-state index contributed by atoms with van der Waals surface area (Å²) in [6.45, 7) is 14.8.